The van der Waals surface area contributed by atoms with Gasteiger partial charge in [-0.25, -0.2) is 8.78 Å². The molecular weight excluding hydrogens is 170 g/mol. The third kappa shape index (κ3) is 1.67. The van der Waals surface area contributed by atoms with Crippen LogP contribution in [0.1, 0.15) is 12.8 Å². The van der Waals surface area contributed by atoms with Crippen molar-refractivity contribution >= 4 is 11.8 Å². The molecule has 1 heterocycles. The first kappa shape index (κ1) is 7.80. The number of hydrogen-bond acceptors (Lipinski definition) is 2. The summed E-state index contributed by atoms with van der Waals surface area (Å²) in [6.45, 7) is 0.255. The molecule has 2 unspecified atom stereocenters. The van der Waals surface area contributed by atoms with Crippen molar-refractivity contribution in [1.82, 2.24) is 0 Å². The van der Waals surface area contributed by atoms with Crippen LogP contribution in [0, 0.1) is 5.92 Å². The molecule has 2 rings (SSSR count). The fourth-order valence-corrected chi connectivity index (χ4v) is 1.62. The number of alkyl halides is 2. The topological polar surface area (TPSA) is 9.23 Å². The molecule has 0 radical (unpaired) electrons. The van der Waals surface area contributed by atoms with Crippen LogP contribution in [-0.4, -0.2) is 23.7 Å². The van der Waals surface area contributed by atoms with Crippen LogP contribution >= 0.6 is 11.8 Å². The standard InChI is InChI=1S/C7H10F2OS/c8-7(9)3-5(7)4-10-6-1-2-11-6/h5-6H,1-4H2. The predicted molar refractivity (Wildman–Crippen MR) is 39.9 cm³/mol. The summed E-state index contributed by atoms with van der Waals surface area (Å²) in [5.41, 5.74) is 0.214. The van der Waals surface area contributed by atoms with Crippen molar-refractivity contribution in [3.05, 3.63) is 0 Å². The van der Waals surface area contributed by atoms with Crippen LogP contribution in [0.25, 0.3) is 0 Å². The molecule has 0 spiro atoms. The van der Waals surface area contributed by atoms with Crippen molar-refractivity contribution in [2.75, 3.05) is 12.4 Å². The Kier molecular flexibility index (Phi) is 1.84. The average Bonchev–Trinajstić information content (AvgIpc) is 2.36. The Labute approximate surface area is 68.5 Å². The van der Waals surface area contributed by atoms with E-state index in [1.54, 1.807) is 11.8 Å². The molecule has 4 heteroatoms. The van der Waals surface area contributed by atoms with Gasteiger partial charge < -0.3 is 4.74 Å². The monoisotopic (exact) mass is 180 g/mol. The molecule has 0 aromatic rings. The first-order chi connectivity index (χ1) is 5.18. The highest BCUT2D eigenvalue weighted by molar-refractivity contribution is 8.01. The fraction of sp³-hybridized carbons (Fsp3) is 1.00. The maximum absolute atomic E-state index is 12.3. The molecule has 2 fully saturated rings. The minimum Gasteiger partial charge on any atom is -0.367 e. The zero-order chi connectivity index (χ0) is 7.90. The SMILES string of the molecule is FC1(F)CC1COC1CCS1. The summed E-state index contributed by atoms with van der Waals surface area (Å²) in [5.74, 6) is -1.77. The molecule has 2 atom stereocenters. The second kappa shape index (κ2) is 2.59. The summed E-state index contributed by atoms with van der Waals surface area (Å²) in [4.78, 5) is 0. The van der Waals surface area contributed by atoms with E-state index < -0.39 is 11.8 Å². The van der Waals surface area contributed by atoms with Crippen LogP contribution in [0.5, 0.6) is 0 Å². The van der Waals surface area contributed by atoms with Crippen molar-refractivity contribution in [3.63, 3.8) is 0 Å². The Bertz CT molecular complexity index is 159. The number of thioether (sulfide) groups is 1. The zero-order valence-corrected chi connectivity index (χ0v) is 6.87. The number of halogens is 2. The normalized spacial score (nSPS) is 39.8. The van der Waals surface area contributed by atoms with Gasteiger partial charge in [0.25, 0.3) is 5.92 Å². The molecule has 1 aliphatic carbocycles. The predicted octanol–water partition coefficient (Wildman–Crippen LogP) is 2.12. The lowest BCUT2D eigenvalue weighted by atomic mass is 10.4. The molecule has 1 saturated heterocycles. The molecule has 1 aliphatic heterocycles. The molecule has 0 aromatic carbocycles. The first-order valence-corrected chi connectivity index (χ1v) is 4.84. The second-order valence-corrected chi connectivity index (χ2v) is 4.35. The zero-order valence-electron chi connectivity index (χ0n) is 6.06. The van der Waals surface area contributed by atoms with Crippen LogP contribution < -0.4 is 0 Å². The van der Waals surface area contributed by atoms with Crippen molar-refractivity contribution in [2.24, 2.45) is 5.92 Å². The Morgan fingerprint density at radius 2 is 2.18 bits per heavy atom. The van der Waals surface area contributed by atoms with Gasteiger partial charge in [-0.1, -0.05) is 0 Å². The highest BCUT2D eigenvalue weighted by Crippen LogP contribution is 2.49. The fourth-order valence-electron chi connectivity index (χ4n) is 1.02. The van der Waals surface area contributed by atoms with E-state index in [1.807, 2.05) is 0 Å². The van der Waals surface area contributed by atoms with E-state index in [0.717, 1.165) is 12.2 Å². The quantitative estimate of drug-likeness (QED) is 0.658. The van der Waals surface area contributed by atoms with Crippen molar-refractivity contribution in [2.45, 2.75) is 24.2 Å². The van der Waals surface area contributed by atoms with Gasteiger partial charge in [0.05, 0.1) is 12.5 Å². The van der Waals surface area contributed by atoms with E-state index in [9.17, 15) is 8.78 Å². The number of rotatable bonds is 3. The van der Waals surface area contributed by atoms with Gasteiger partial charge in [0.1, 0.15) is 5.44 Å². The minimum absolute atomic E-state index is 0.0321. The highest BCUT2D eigenvalue weighted by atomic mass is 32.2. The molecule has 1 nitrogen and oxygen atoms in total. The van der Waals surface area contributed by atoms with Crippen molar-refractivity contribution in [1.29, 1.82) is 0 Å². The van der Waals surface area contributed by atoms with Gasteiger partial charge >= 0.3 is 0 Å². The molecule has 0 N–H and O–H groups in total. The van der Waals surface area contributed by atoms with Gasteiger partial charge in [-0.05, 0) is 12.2 Å². The highest BCUT2D eigenvalue weighted by Gasteiger charge is 2.57. The van der Waals surface area contributed by atoms with E-state index in [1.165, 1.54) is 0 Å². The Morgan fingerprint density at radius 3 is 2.55 bits per heavy atom. The van der Waals surface area contributed by atoms with E-state index >= 15 is 0 Å². The van der Waals surface area contributed by atoms with Crippen LogP contribution in [0.3, 0.4) is 0 Å². The maximum Gasteiger partial charge on any atom is 0.253 e. The Hall–Kier alpha value is 0.170. The van der Waals surface area contributed by atoms with Crippen LogP contribution in [0.15, 0.2) is 0 Å². The molecule has 0 amide bonds. The first-order valence-electron chi connectivity index (χ1n) is 3.79. The molecular formula is C7H10F2OS. The van der Waals surface area contributed by atoms with Crippen molar-refractivity contribution < 1.29 is 13.5 Å². The smallest absolute Gasteiger partial charge is 0.253 e. The third-order valence-electron chi connectivity index (χ3n) is 2.10. The van der Waals surface area contributed by atoms with Gasteiger partial charge in [0.15, 0.2) is 0 Å². The molecule has 0 aromatic heterocycles. The van der Waals surface area contributed by atoms with Gasteiger partial charge in [-0.2, -0.15) is 0 Å². The number of ether oxygens (including phenoxy) is 1. The summed E-state index contributed by atoms with van der Waals surface area (Å²) in [6.07, 6.45) is 1.06. The molecule has 0 bridgehead atoms. The van der Waals surface area contributed by atoms with E-state index in [2.05, 4.69) is 0 Å². The molecule has 2 aliphatic rings. The summed E-state index contributed by atoms with van der Waals surface area (Å²) in [7, 11) is 0. The Balaban J connectivity index is 1.61. The van der Waals surface area contributed by atoms with Gasteiger partial charge in [-0.3, -0.25) is 0 Å². The van der Waals surface area contributed by atoms with Crippen LogP contribution in [0.4, 0.5) is 8.78 Å². The van der Waals surface area contributed by atoms with Gasteiger partial charge in [0, 0.05) is 6.42 Å². The average molecular weight is 180 g/mol. The van der Waals surface area contributed by atoms with Crippen LogP contribution in [-0.2, 0) is 4.74 Å². The lowest BCUT2D eigenvalue weighted by Gasteiger charge is -2.24. The lowest BCUT2D eigenvalue weighted by molar-refractivity contribution is 0.0422. The summed E-state index contributed by atoms with van der Waals surface area (Å²) in [6, 6.07) is 0. The molecule has 64 valence electrons. The second-order valence-electron chi connectivity index (χ2n) is 3.08. The van der Waals surface area contributed by atoms with Crippen molar-refractivity contribution in [3.8, 4) is 0 Å². The van der Waals surface area contributed by atoms with E-state index in [0.29, 0.717) is 0 Å². The summed E-state index contributed by atoms with van der Waals surface area (Å²) < 4.78 is 29.8. The Morgan fingerprint density at radius 1 is 1.55 bits per heavy atom. The van der Waals surface area contributed by atoms with Crippen LogP contribution in [0.2, 0.25) is 0 Å². The van der Waals surface area contributed by atoms with E-state index in [-0.39, 0.29) is 18.5 Å². The number of hydrogen-bond donors (Lipinski definition) is 0. The maximum atomic E-state index is 12.3. The lowest BCUT2D eigenvalue weighted by Crippen LogP contribution is -2.21. The molecule has 1 saturated carbocycles. The van der Waals surface area contributed by atoms with E-state index in [4.69, 9.17) is 4.74 Å². The third-order valence-corrected chi connectivity index (χ3v) is 3.31. The minimum atomic E-state index is -2.41. The summed E-state index contributed by atoms with van der Waals surface area (Å²) >= 11 is 1.71. The van der Waals surface area contributed by atoms with Gasteiger partial charge in [-0.15, -0.1) is 11.8 Å². The summed E-state index contributed by atoms with van der Waals surface area (Å²) in [5, 5.41) is 0. The largest absolute Gasteiger partial charge is 0.367 e. The van der Waals surface area contributed by atoms with Gasteiger partial charge in [0.2, 0.25) is 0 Å². The molecule has 11 heavy (non-hydrogen) atoms.